The van der Waals surface area contributed by atoms with Crippen LogP contribution in [0.1, 0.15) is 17.3 Å². The van der Waals surface area contributed by atoms with Crippen LogP contribution in [0.15, 0.2) is 58.9 Å². The highest BCUT2D eigenvalue weighted by atomic mass is 35.5. The highest BCUT2D eigenvalue weighted by Crippen LogP contribution is 2.32. The fraction of sp³-hybridized carbons (Fsp3) is 0.238. The Bertz CT molecular complexity index is 1100. The Kier molecular flexibility index (Phi) is 5.87. The zero-order valence-corrected chi connectivity index (χ0v) is 17.7. The molecule has 0 unspecified atom stereocenters. The summed E-state index contributed by atoms with van der Waals surface area (Å²) in [6.45, 7) is 1.70. The molecule has 2 aromatic carbocycles. The molecule has 0 radical (unpaired) electrons. The van der Waals surface area contributed by atoms with Gasteiger partial charge in [-0.3, -0.25) is 19.4 Å². The van der Waals surface area contributed by atoms with E-state index in [4.69, 9.17) is 16.3 Å². The maximum atomic E-state index is 12.9. The van der Waals surface area contributed by atoms with Crippen LogP contribution in [-0.2, 0) is 19.1 Å². The van der Waals surface area contributed by atoms with Gasteiger partial charge in [-0.1, -0.05) is 16.8 Å². The average molecular weight is 456 g/mol. The lowest BCUT2D eigenvalue weighted by molar-refractivity contribution is -0.123. The summed E-state index contributed by atoms with van der Waals surface area (Å²) in [7, 11) is 0. The predicted molar refractivity (Wildman–Crippen MR) is 114 cm³/mol. The van der Waals surface area contributed by atoms with E-state index in [9.17, 15) is 19.2 Å². The van der Waals surface area contributed by atoms with Crippen molar-refractivity contribution in [3.05, 3.63) is 59.1 Å². The number of halogens is 1. The molecule has 0 aromatic heterocycles. The second-order valence-electron chi connectivity index (χ2n) is 7.03. The van der Waals surface area contributed by atoms with Crippen LogP contribution < -0.4 is 10.2 Å². The Morgan fingerprint density at radius 2 is 1.75 bits per heavy atom. The van der Waals surface area contributed by atoms with E-state index in [0.717, 1.165) is 4.90 Å². The minimum atomic E-state index is -1.00. The Labute approximate surface area is 187 Å². The molecule has 1 saturated heterocycles. The second-order valence-corrected chi connectivity index (χ2v) is 7.46. The van der Waals surface area contributed by atoms with E-state index < -0.39 is 35.8 Å². The lowest BCUT2D eigenvalue weighted by Gasteiger charge is -2.20. The van der Waals surface area contributed by atoms with Gasteiger partial charge >= 0.3 is 5.97 Å². The van der Waals surface area contributed by atoms with Crippen molar-refractivity contribution >= 4 is 46.7 Å². The fourth-order valence-corrected chi connectivity index (χ4v) is 3.58. The molecule has 1 N–H and O–H groups in total. The lowest BCUT2D eigenvalue weighted by Crippen LogP contribution is -2.43. The van der Waals surface area contributed by atoms with Crippen LogP contribution >= 0.6 is 11.6 Å². The van der Waals surface area contributed by atoms with Crippen LogP contribution in [0.25, 0.3) is 0 Å². The van der Waals surface area contributed by atoms with Crippen LogP contribution in [0.2, 0.25) is 5.02 Å². The molecule has 2 heterocycles. The maximum absolute atomic E-state index is 12.9. The smallest absolute Gasteiger partial charge is 0.338 e. The molecule has 32 heavy (non-hydrogen) atoms. The number of hydrogen-bond donors (Lipinski definition) is 1. The van der Waals surface area contributed by atoms with Crippen molar-refractivity contribution in [2.24, 2.45) is 10.3 Å². The van der Waals surface area contributed by atoms with Crippen LogP contribution in [0.4, 0.5) is 11.4 Å². The fourth-order valence-electron chi connectivity index (χ4n) is 3.45. The monoisotopic (exact) mass is 455 g/mol. The number of amides is 3. The summed E-state index contributed by atoms with van der Waals surface area (Å²) in [6, 6.07) is 10.5. The molecular formula is C21H18ClN5O5. The first-order valence-electron chi connectivity index (χ1n) is 9.77. The molecule has 164 valence electrons. The van der Waals surface area contributed by atoms with Crippen molar-refractivity contribution in [2.45, 2.75) is 19.0 Å². The zero-order chi connectivity index (χ0) is 22.8. The van der Waals surface area contributed by atoms with Crippen LogP contribution in [0.3, 0.4) is 0 Å². The second kappa shape index (κ2) is 8.75. The number of benzene rings is 2. The number of rotatable bonds is 6. The number of nitrogens with zero attached hydrogens (tertiary/aromatic N) is 4. The molecule has 3 amide bonds. The van der Waals surface area contributed by atoms with Crippen molar-refractivity contribution in [1.82, 2.24) is 5.01 Å². The van der Waals surface area contributed by atoms with Gasteiger partial charge in [-0.05, 0) is 55.5 Å². The SMILES string of the molecule is CCOC(=O)c1ccc(NC(=O)CN2N=N[C@H]3C(=O)N(c4ccc(Cl)cc4)C(=O)[C@H]32)cc1. The minimum absolute atomic E-state index is 0.264. The third-order valence-electron chi connectivity index (χ3n) is 4.93. The molecular weight excluding hydrogens is 438 g/mol. The van der Waals surface area contributed by atoms with E-state index in [-0.39, 0.29) is 13.2 Å². The quantitative estimate of drug-likeness (QED) is 0.527. The van der Waals surface area contributed by atoms with Crippen molar-refractivity contribution < 1.29 is 23.9 Å². The van der Waals surface area contributed by atoms with Gasteiger partial charge in [0.05, 0.1) is 17.9 Å². The molecule has 0 spiro atoms. The molecule has 2 atom stereocenters. The number of nitrogens with one attached hydrogen (secondary N) is 1. The Morgan fingerprint density at radius 1 is 1.06 bits per heavy atom. The number of anilines is 2. The van der Waals surface area contributed by atoms with E-state index in [0.29, 0.717) is 22.0 Å². The predicted octanol–water partition coefficient (Wildman–Crippen LogP) is 2.45. The molecule has 2 aromatic rings. The summed E-state index contributed by atoms with van der Waals surface area (Å²) in [5.41, 5.74) is 1.19. The summed E-state index contributed by atoms with van der Waals surface area (Å²) in [5, 5.41) is 12.1. The van der Waals surface area contributed by atoms with E-state index in [1.54, 1.807) is 43.3 Å². The molecule has 4 rings (SSSR count). The average Bonchev–Trinajstić information content (AvgIpc) is 3.29. The van der Waals surface area contributed by atoms with Crippen molar-refractivity contribution in [1.29, 1.82) is 0 Å². The van der Waals surface area contributed by atoms with Gasteiger partial charge in [-0.25, -0.2) is 9.69 Å². The third-order valence-corrected chi connectivity index (χ3v) is 5.18. The number of hydrogen-bond acceptors (Lipinski definition) is 8. The molecule has 0 aliphatic carbocycles. The van der Waals surface area contributed by atoms with Crippen molar-refractivity contribution in [3.8, 4) is 0 Å². The summed E-state index contributed by atoms with van der Waals surface area (Å²) < 4.78 is 4.92. The van der Waals surface area contributed by atoms with Crippen LogP contribution in [-0.4, -0.2) is 53.9 Å². The highest BCUT2D eigenvalue weighted by molar-refractivity contribution is 6.31. The van der Waals surface area contributed by atoms with Gasteiger partial charge in [0.1, 0.15) is 6.54 Å². The normalized spacial score (nSPS) is 19.3. The standard InChI is InChI=1S/C21H18ClN5O5/c1-2-32-21(31)12-3-7-14(8-4-12)23-16(28)11-26-18-17(24-25-26)19(29)27(20(18)30)15-9-5-13(22)6-10-15/h3-10,17-18H,2,11H2,1H3,(H,23,28)/t17-,18+/m1/s1. The first kappa shape index (κ1) is 21.4. The molecule has 2 aliphatic rings. The first-order valence-corrected chi connectivity index (χ1v) is 10.1. The van der Waals surface area contributed by atoms with E-state index >= 15 is 0 Å². The summed E-state index contributed by atoms with van der Waals surface area (Å²) in [5.74, 6) is -1.94. The molecule has 0 saturated carbocycles. The molecule has 0 bridgehead atoms. The number of carbonyl (C=O) groups excluding carboxylic acids is 4. The number of imide groups is 1. The summed E-state index contributed by atoms with van der Waals surface area (Å²) in [4.78, 5) is 50.8. The van der Waals surface area contributed by atoms with Gasteiger partial charge in [-0.15, -0.1) is 0 Å². The molecule has 11 heteroatoms. The van der Waals surface area contributed by atoms with Gasteiger partial charge in [-0.2, -0.15) is 5.11 Å². The summed E-state index contributed by atoms with van der Waals surface area (Å²) >= 11 is 5.87. The molecule has 2 aliphatic heterocycles. The largest absolute Gasteiger partial charge is 0.462 e. The molecule has 10 nitrogen and oxygen atoms in total. The van der Waals surface area contributed by atoms with Crippen LogP contribution in [0.5, 0.6) is 0 Å². The van der Waals surface area contributed by atoms with Crippen molar-refractivity contribution in [3.63, 3.8) is 0 Å². The van der Waals surface area contributed by atoms with Gasteiger partial charge in [0.15, 0.2) is 12.1 Å². The van der Waals surface area contributed by atoms with Gasteiger partial charge in [0.25, 0.3) is 11.8 Å². The van der Waals surface area contributed by atoms with Crippen LogP contribution in [0, 0.1) is 0 Å². The topological polar surface area (TPSA) is 121 Å². The van der Waals surface area contributed by atoms with E-state index in [1.807, 2.05) is 0 Å². The molecule has 1 fully saturated rings. The Balaban J connectivity index is 1.41. The van der Waals surface area contributed by atoms with Gasteiger partial charge in [0, 0.05) is 10.7 Å². The number of fused-ring (bicyclic) bond motifs is 1. The summed E-state index contributed by atoms with van der Waals surface area (Å²) in [6.07, 6.45) is 0. The Hall–Kier alpha value is -3.79. The number of ether oxygens (including phenoxy) is 1. The van der Waals surface area contributed by atoms with Crippen molar-refractivity contribution in [2.75, 3.05) is 23.4 Å². The van der Waals surface area contributed by atoms with Gasteiger partial charge < -0.3 is 10.1 Å². The highest BCUT2D eigenvalue weighted by Gasteiger charge is 2.55. The minimum Gasteiger partial charge on any atom is -0.462 e. The van der Waals surface area contributed by atoms with E-state index in [2.05, 4.69) is 15.7 Å². The first-order chi connectivity index (χ1) is 15.4. The van der Waals surface area contributed by atoms with E-state index in [1.165, 1.54) is 17.1 Å². The Morgan fingerprint density at radius 3 is 2.41 bits per heavy atom. The third kappa shape index (κ3) is 4.04. The number of carbonyl (C=O) groups is 4. The lowest BCUT2D eigenvalue weighted by atomic mass is 10.1. The number of esters is 1. The zero-order valence-electron chi connectivity index (χ0n) is 16.9. The maximum Gasteiger partial charge on any atom is 0.338 e. The van der Waals surface area contributed by atoms with Gasteiger partial charge in [0.2, 0.25) is 5.91 Å².